The maximum absolute atomic E-state index is 4.17. The van der Waals surface area contributed by atoms with Crippen LogP contribution in [0, 0.1) is 0 Å². The van der Waals surface area contributed by atoms with E-state index in [9.17, 15) is 0 Å². The van der Waals surface area contributed by atoms with E-state index >= 15 is 0 Å². The van der Waals surface area contributed by atoms with Gasteiger partial charge in [0.1, 0.15) is 0 Å². The molecular formula is C14H28N6. The molecule has 1 N–H and O–H groups in total. The number of hydrogen-bond donors (Lipinski definition) is 1. The van der Waals surface area contributed by atoms with Crippen molar-refractivity contribution in [1.29, 1.82) is 0 Å². The van der Waals surface area contributed by atoms with Crippen molar-refractivity contribution in [2.45, 2.75) is 39.4 Å². The van der Waals surface area contributed by atoms with Crippen LogP contribution < -0.4 is 5.32 Å². The highest BCUT2D eigenvalue weighted by Crippen LogP contribution is 2.08. The lowest BCUT2D eigenvalue weighted by molar-refractivity contribution is 0.0976. The Morgan fingerprint density at radius 1 is 1.25 bits per heavy atom. The molecule has 0 saturated carbocycles. The highest BCUT2D eigenvalue weighted by Gasteiger charge is 2.19. The Bertz CT molecular complexity index is 383. The van der Waals surface area contributed by atoms with Gasteiger partial charge in [0.25, 0.3) is 0 Å². The van der Waals surface area contributed by atoms with Crippen LogP contribution in [0.5, 0.6) is 0 Å². The van der Waals surface area contributed by atoms with Gasteiger partial charge in [0, 0.05) is 51.5 Å². The highest BCUT2D eigenvalue weighted by atomic mass is 15.4. The quantitative estimate of drug-likeness (QED) is 0.784. The summed E-state index contributed by atoms with van der Waals surface area (Å²) >= 11 is 0. The predicted octanol–water partition coefficient (Wildman–Crippen LogP) is 0.414. The van der Waals surface area contributed by atoms with Crippen LogP contribution in [-0.2, 0) is 13.1 Å². The Hall–Kier alpha value is -0.980. The van der Waals surface area contributed by atoms with Crippen molar-refractivity contribution in [1.82, 2.24) is 30.1 Å². The van der Waals surface area contributed by atoms with Gasteiger partial charge in [-0.1, -0.05) is 12.1 Å². The average Bonchev–Trinajstić information content (AvgIpc) is 2.93. The number of aromatic nitrogens is 3. The van der Waals surface area contributed by atoms with Crippen LogP contribution in [0.25, 0.3) is 0 Å². The SMILES string of the molecule is CCC(C)N1CCN(CCn2cc(CNC)nn2)CC1. The first kappa shape index (κ1) is 15.4. The van der Waals surface area contributed by atoms with E-state index in [2.05, 4.69) is 39.3 Å². The minimum Gasteiger partial charge on any atom is -0.314 e. The molecule has 0 aromatic carbocycles. The van der Waals surface area contributed by atoms with E-state index in [-0.39, 0.29) is 0 Å². The van der Waals surface area contributed by atoms with Crippen molar-refractivity contribution in [3.8, 4) is 0 Å². The van der Waals surface area contributed by atoms with Gasteiger partial charge < -0.3 is 5.32 Å². The first-order valence-corrected chi connectivity index (χ1v) is 7.73. The van der Waals surface area contributed by atoms with E-state index in [1.54, 1.807) is 0 Å². The first-order chi connectivity index (χ1) is 9.72. The van der Waals surface area contributed by atoms with Gasteiger partial charge in [-0.25, -0.2) is 0 Å². The van der Waals surface area contributed by atoms with Gasteiger partial charge in [-0.15, -0.1) is 5.10 Å². The topological polar surface area (TPSA) is 49.2 Å². The molecule has 0 bridgehead atoms. The van der Waals surface area contributed by atoms with E-state index < -0.39 is 0 Å². The van der Waals surface area contributed by atoms with Crippen LogP contribution in [0.1, 0.15) is 26.0 Å². The molecule has 0 amide bonds. The van der Waals surface area contributed by atoms with Gasteiger partial charge in [-0.3, -0.25) is 14.5 Å². The molecule has 1 unspecified atom stereocenters. The molecule has 1 aliphatic rings. The Morgan fingerprint density at radius 3 is 2.65 bits per heavy atom. The van der Waals surface area contributed by atoms with E-state index in [0.29, 0.717) is 0 Å². The smallest absolute Gasteiger partial charge is 0.0964 e. The number of piperazine rings is 1. The number of nitrogens with one attached hydrogen (secondary N) is 1. The van der Waals surface area contributed by atoms with Crippen molar-refractivity contribution in [3.05, 3.63) is 11.9 Å². The molecule has 0 aliphatic carbocycles. The van der Waals surface area contributed by atoms with Crippen LogP contribution in [-0.4, -0.2) is 70.6 Å². The molecule has 0 radical (unpaired) electrons. The third-order valence-corrected chi connectivity index (χ3v) is 4.21. The normalized spacial score (nSPS) is 19.4. The van der Waals surface area contributed by atoms with Crippen LogP contribution in [0.15, 0.2) is 6.20 Å². The Balaban J connectivity index is 1.70. The number of nitrogens with zero attached hydrogens (tertiary/aromatic N) is 5. The lowest BCUT2D eigenvalue weighted by Crippen LogP contribution is -2.50. The minimum absolute atomic E-state index is 0.719. The molecule has 1 aromatic heterocycles. The molecule has 2 heterocycles. The maximum atomic E-state index is 4.17. The van der Waals surface area contributed by atoms with E-state index in [0.717, 1.165) is 31.4 Å². The van der Waals surface area contributed by atoms with Crippen molar-refractivity contribution in [2.24, 2.45) is 0 Å². The predicted molar refractivity (Wildman–Crippen MR) is 80.6 cm³/mol. The molecule has 1 saturated heterocycles. The van der Waals surface area contributed by atoms with Crippen molar-refractivity contribution < 1.29 is 0 Å². The molecule has 6 heteroatoms. The number of rotatable bonds is 7. The fourth-order valence-corrected chi connectivity index (χ4v) is 2.64. The zero-order valence-corrected chi connectivity index (χ0v) is 13.0. The average molecular weight is 280 g/mol. The Labute approximate surface area is 122 Å². The molecule has 1 aliphatic heterocycles. The first-order valence-electron chi connectivity index (χ1n) is 7.73. The lowest BCUT2D eigenvalue weighted by Gasteiger charge is -2.37. The second-order valence-electron chi connectivity index (χ2n) is 5.64. The van der Waals surface area contributed by atoms with Gasteiger partial charge in [0.2, 0.25) is 0 Å². The molecule has 1 fully saturated rings. The fourth-order valence-electron chi connectivity index (χ4n) is 2.64. The number of hydrogen-bond acceptors (Lipinski definition) is 5. The fraction of sp³-hybridized carbons (Fsp3) is 0.857. The molecular weight excluding hydrogens is 252 g/mol. The van der Waals surface area contributed by atoms with Gasteiger partial charge in [0.05, 0.1) is 12.2 Å². The molecule has 6 nitrogen and oxygen atoms in total. The molecule has 114 valence electrons. The van der Waals surface area contributed by atoms with E-state index in [1.165, 1.54) is 32.6 Å². The molecule has 1 aromatic rings. The van der Waals surface area contributed by atoms with Gasteiger partial charge in [0.15, 0.2) is 0 Å². The lowest BCUT2D eigenvalue weighted by atomic mass is 10.2. The van der Waals surface area contributed by atoms with E-state index in [4.69, 9.17) is 0 Å². The monoisotopic (exact) mass is 280 g/mol. The summed E-state index contributed by atoms with van der Waals surface area (Å²) in [5.74, 6) is 0. The largest absolute Gasteiger partial charge is 0.314 e. The van der Waals surface area contributed by atoms with Gasteiger partial charge >= 0.3 is 0 Å². The summed E-state index contributed by atoms with van der Waals surface area (Å²) < 4.78 is 1.95. The van der Waals surface area contributed by atoms with Crippen molar-refractivity contribution in [2.75, 3.05) is 39.8 Å². The molecule has 2 rings (SSSR count). The van der Waals surface area contributed by atoms with Crippen LogP contribution in [0.2, 0.25) is 0 Å². The Kier molecular flexibility index (Phi) is 5.94. The van der Waals surface area contributed by atoms with Crippen LogP contribution in [0.4, 0.5) is 0 Å². The second-order valence-corrected chi connectivity index (χ2v) is 5.64. The minimum atomic E-state index is 0.719. The molecule has 1 atom stereocenters. The summed E-state index contributed by atoms with van der Waals surface area (Å²) in [6, 6.07) is 0.719. The van der Waals surface area contributed by atoms with E-state index in [1.807, 2.05) is 17.9 Å². The zero-order valence-electron chi connectivity index (χ0n) is 13.0. The van der Waals surface area contributed by atoms with Crippen molar-refractivity contribution >= 4 is 0 Å². The summed E-state index contributed by atoms with van der Waals surface area (Å²) in [7, 11) is 1.93. The second kappa shape index (κ2) is 7.71. The summed E-state index contributed by atoms with van der Waals surface area (Å²) in [6.07, 6.45) is 3.28. The maximum Gasteiger partial charge on any atom is 0.0964 e. The van der Waals surface area contributed by atoms with Gasteiger partial charge in [-0.05, 0) is 20.4 Å². The van der Waals surface area contributed by atoms with Crippen molar-refractivity contribution in [3.63, 3.8) is 0 Å². The zero-order chi connectivity index (χ0) is 14.4. The standard InChI is InChI=1S/C14H28N6/c1-4-13(2)19-8-5-18(6-9-19)7-10-20-12-14(11-15-3)16-17-20/h12-13,15H,4-11H2,1-3H3. The third-order valence-electron chi connectivity index (χ3n) is 4.21. The summed E-state index contributed by atoms with van der Waals surface area (Å²) in [5.41, 5.74) is 1.01. The summed E-state index contributed by atoms with van der Waals surface area (Å²) in [6.45, 7) is 12.1. The van der Waals surface area contributed by atoms with Gasteiger partial charge in [-0.2, -0.15) is 0 Å². The van der Waals surface area contributed by atoms with Crippen LogP contribution >= 0.6 is 0 Å². The summed E-state index contributed by atoms with van der Waals surface area (Å²) in [4.78, 5) is 5.12. The van der Waals surface area contributed by atoms with Crippen LogP contribution in [0.3, 0.4) is 0 Å². The highest BCUT2D eigenvalue weighted by molar-refractivity contribution is 4.91. The molecule has 20 heavy (non-hydrogen) atoms. The molecule has 0 spiro atoms. The third kappa shape index (κ3) is 4.26. The summed E-state index contributed by atoms with van der Waals surface area (Å²) in [5, 5.41) is 11.4. The Morgan fingerprint density at radius 2 is 2.00 bits per heavy atom.